The predicted octanol–water partition coefficient (Wildman–Crippen LogP) is 4.36. The Bertz CT molecular complexity index is 1830. The van der Waals surface area contributed by atoms with Crippen LogP contribution in [0, 0.1) is 0 Å². The largest absolute Gasteiger partial charge is 0.497 e. The highest BCUT2D eigenvalue weighted by Gasteiger charge is 2.28. The van der Waals surface area contributed by atoms with Crippen molar-refractivity contribution in [3.8, 4) is 23.0 Å². The van der Waals surface area contributed by atoms with Crippen molar-refractivity contribution in [2.75, 3.05) is 49.3 Å². The summed E-state index contributed by atoms with van der Waals surface area (Å²) in [6.07, 6.45) is 0. The first-order valence-electron chi connectivity index (χ1n) is 13.0. The van der Waals surface area contributed by atoms with E-state index in [9.17, 15) is 21.6 Å². The molecule has 0 radical (unpaired) electrons. The SMILES string of the molecule is COc1ccc(NS(=O)(=O)c2ccc(NC(=O)CN(c3ccccc3)S(=O)(=O)c3ccc(OC)c(OC)c3)cc2)c(OC)c1. The highest BCUT2D eigenvalue weighted by molar-refractivity contribution is 7.93. The molecule has 0 aromatic heterocycles. The van der Waals surface area contributed by atoms with Gasteiger partial charge in [0.05, 0.1) is 49.6 Å². The van der Waals surface area contributed by atoms with Crippen LogP contribution in [-0.2, 0) is 24.8 Å². The zero-order valence-corrected chi connectivity index (χ0v) is 25.9. The third-order valence-electron chi connectivity index (χ3n) is 6.38. The summed E-state index contributed by atoms with van der Waals surface area (Å²) < 4.78 is 77.8. The average Bonchev–Trinajstić information content (AvgIpc) is 3.03. The third-order valence-corrected chi connectivity index (χ3v) is 9.53. The van der Waals surface area contributed by atoms with Crippen LogP contribution in [0.25, 0.3) is 0 Å². The summed E-state index contributed by atoms with van der Waals surface area (Å²) in [7, 11) is -2.54. The number of sulfonamides is 2. The van der Waals surface area contributed by atoms with Gasteiger partial charge < -0.3 is 24.3 Å². The second-order valence-electron chi connectivity index (χ2n) is 9.11. The smallest absolute Gasteiger partial charge is 0.264 e. The van der Waals surface area contributed by atoms with Crippen molar-refractivity contribution in [2.24, 2.45) is 0 Å². The summed E-state index contributed by atoms with van der Waals surface area (Å²) in [5, 5.41) is 2.63. The number of ether oxygens (including phenoxy) is 4. The van der Waals surface area contributed by atoms with Gasteiger partial charge in [0.25, 0.3) is 20.0 Å². The molecule has 0 bridgehead atoms. The topological polar surface area (TPSA) is 150 Å². The Morgan fingerprint density at radius 3 is 1.93 bits per heavy atom. The Morgan fingerprint density at radius 1 is 0.682 bits per heavy atom. The molecule has 0 saturated carbocycles. The van der Waals surface area contributed by atoms with Crippen LogP contribution >= 0.6 is 0 Å². The van der Waals surface area contributed by atoms with Gasteiger partial charge >= 0.3 is 0 Å². The van der Waals surface area contributed by atoms with Crippen LogP contribution in [-0.4, -0.2) is 57.7 Å². The maximum absolute atomic E-state index is 13.7. The first kappa shape index (κ1) is 32.0. The fourth-order valence-electron chi connectivity index (χ4n) is 4.15. The van der Waals surface area contributed by atoms with E-state index in [2.05, 4.69) is 10.0 Å². The molecule has 14 heteroatoms. The number of para-hydroxylation sites is 1. The summed E-state index contributed by atoms with van der Waals surface area (Å²) in [6, 6.07) is 22.3. The van der Waals surface area contributed by atoms with E-state index in [0.29, 0.717) is 11.5 Å². The fourth-order valence-corrected chi connectivity index (χ4v) is 6.66. The standard InChI is InChI=1S/C30H31N3O9S2/c1-39-23-12-16-26(28(18-23)41-3)32-43(35,36)24-13-10-21(11-14-24)31-30(34)20-33(22-8-6-5-7-9-22)44(37,38)25-15-17-27(40-2)29(19-25)42-4/h5-19,32H,20H2,1-4H3,(H,31,34). The van der Waals surface area contributed by atoms with E-state index in [1.54, 1.807) is 42.5 Å². The van der Waals surface area contributed by atoms with E-state index in [-0.39, 0.29) is 38.4 Å². The molecule has 0 aliphatic heterocycles. The second-order valence-corrected chi connectivity index (χ2v) is 12.7. The highest BCUT2D eigenvalue weighted by atomic mass is 32.2. The Kier molecular flexibility index (Phi) is 9.86. The van der Waals surface area contributed by atoms with Gasteiger partial charge in [0.2, 0.25) is 5.91 Å². The van der Waals surface area contributed by atoms with Crippen molar-refractivity contribution in [3.63, 3.8) is 0 Å². The first-order valence-corrected chi connectivity index (χ1v) is 15.9. The van der Waals surface area contributed by atoms with Gasteiger partial charge in [-0.05, 0) is 60.7 Å². The van der Waals surface area contributed by atoms with Crippen LogP contribution in [0.3, 0.4) is 0 Å². The van der Waals surface area contributed by atoms with E-state index in [0.717, 1.165) is 4.31 Å². The lowest BCUT2D eigenvalue weighted by Crippen LogP contribution is -2.38. The molecule has 2 N–H and O–H groups in total. The number of anilines is 3. The number of benzene rings is 4. The summed E-state index contributed by atoms with van der Waals surface area (Å²) in [5.41, 5.74) is 0.730. The van der Waals surface area contributed by atoms with Crippen molar-refractivity contribution in [1.82, 2.24) is 0 Å². The summed E-state index contributed by atoms with van der Waals surface area (Å²) in [5.74, 6) is 0.657. The molecule has 1 amide bonds. The van der Waals surface area contributed by atoms with E-state index in [4.69, 9.17) is 18.9 Å². The molecule has 4 rings (SSSR count). The summed E-state index contributed by atoms with van der Waals surface area (Å²) >= 11 is 0. The van der Waals surface area contributed by atoms with Crippen LogP contribution in [0.5, 0.6) is 23.0 Å². The minimum Gasteiger partial charge on any atom is -0.497 e. The maximum atomic E-state index is 13.7. The number of amides is 1. The van der Waals surface area contributed by atoms with Gasteiger partial charge in [-0.25, -0.2) is 16.8 Å². The fraction of sp³-hybridized carbons (Fsp3) is 0.167. The molecule has 0 atom stereocenters. The molecule has 0 aliphatic rings. The molecule has 0 unspecified atom stereocenters. The zero-order valence-electron chi connectivity index (χ0n) is 24.3. The Morgan fingerprint density at radius 2 is 1.32 bits per heavy atom. The summed E-state index contributed by atoms with van der Waals surface area (Å²) in [6.45, 7) is -0.570. The monoisotopic (exact) mass is 641 g/mol. The average molecular weight is 642 g/mol. The van der Waals surface area contributed by atoms with Crippen LogP contribution < -0.4 is 33.3 Å². The van der Waals surface area contributed by atoms with E-state index >= 15 is 0 Å². The highest BCUT2D eigenvalue weighted by Crippen LogP contribution is 2.33. The second kappa shape index (κ2) is 13.6. The van der Waals surface area contributed by atoms with Crippen molar-refractivity contribution in [2.45, 2.75) is 9.79 Å². The number of carbonyl (C=O) groups is 1. The molecular formula is C30H31N3O9S2. The Hall–Kier alpha value is -4.95. The molecular weight excluding hydrogens is 610 g/mol. The van der Waals surface area contributed by atoms with Gasteiger partial charge in [0.15, 0.2) is 11.5 Å². The molecule has 232 valence electrons. The molecule has 0 aliphatic carbocycles. The maximum Gasteiger partial charge on any atom is 0.264 e. The minimum absolute atomic E-state index is 0.0738. The normalized spacial score (nSPS) is 11.3. The lowest BCUT2D eigenvalue weighted by molar-refractivity contribution is -0.114. The van der Waals surface area contributed by atoms with Crippen molar-refractivity contribution in [3.05, 3.63) is 91.0 Å². The quantitative estimate of drug-likeness (QED) is 0.217. The number of hydrogen-bond donors (Lipinski definition) is 2. The predicted molar refractivity (Wildman–Crippen MR) is 166 cm³/mol. The number of nitrogens with one attached hydrogen (secondary N) is 2. The molecule has 12 nitrogen and oxygen atoms in total. The van der Waals surface area contributed by atoms with E-state index < -0.39 is 32.5 Å². The van der Waals surface area contributed by atoms with Crippen LogP contribution in [0.4, 0.5) is 17.1 Å². The Balaban J connectivity index is 1.53. The molecule has 0 fully saturated rings. The number of carbonyl (C=O) groups excluding carboxylic acids is 1. The molecule has 0 heterocycles. The first-order chi connectivity index (χ1) is 21.0. The van der Waals surface area contributed by atoms with Crippen molar-refractivity contribution in [1.29, 1.82) is 0 Å². The lowest BCUT2D eigenvalue weighted by atomic mass is 10.3. The van der Waals surface area contributed by atoms with Gasteiger partial charge in [0, 0.05) is 17.8 Å². The van der Waals surface area contributed by atoms with Gasteiger partial charge in [-0.15, -0.1) is 0 Å². The van der Waals surface area contributed by atoms with Crippen LogP contribution in [0.2, 0.25) is 0 Å². The third kappa shape index (κ3) is 7.15. The van der Waals surface area contributed by atoms with Gasteiger partial charge in [0.1, 0.15) is 18.0 Å². The number of nitrogens with zero attached hydrogens (tertiary/aromatic N) is 1. The van der Waals surface area contributed by atoms with Crippen LogP contribution in [0.15, 0.2) is 101 Å². The number of rotatable bonds is 13. The van der Waals surface area contributed by atoms with E-state index in [1.807, 2.05) is 0 Å². The Labute approximate surface area is 256 Å². The molecule has 4 aromatic rings. The van der Waals surface area contributed by atoms with Gasteiger partial charge in [-0.2, -0.15) is 0 Å². The van der Waals surface area contributed by atoms with Crippen molar-refractivity contribution < 1.29 is 40.6 Å². The zero-order chi connectivity index (χ0) is 31.9. The number of hydrogen-bond acceptors (Lipinski definition) is 9. The van der Waals surface area contributed by atoms with Crippen molar-refractivity contribution >= 4 is 43.0 Å². The minimum atomic E-state index is -4.23. The van der Waals surface area contributed by atoms with Gasteiger partial charge in [-0.3, -0.25) is 13.8 Å². The summed E-state index contributed by atoms with van der Waals surface area (Å²) in [4.78, 5) is 12.9. The van der Waals surface area contributed by atoms with E-state index in [1.165, 1.54) is 77.0 Å². The molecule has 44 heavy (non-hydrogen) atoms. The molecule has 4 aromatic carbocycles. The van der Waals surface area contributed by atoms with Crippen LogP contribution in [0.1, 0.15) is 0 Å². The lowest BCUT2D eigenvalue weighted by Gasteiger charge is -2.24. The van der Waals surface area contributed by atoms with Gasteiger partial charge in [-0.1, -0.05) is 18.2 Å². The molecule has 0 spiro atoms. The molecule has 0 saturated heterocycles. The number of methoxy groups -OCH3 is 4.